The van der Waals surface area contributed by atoms with E-state index in [1.54, 1.807) is 18.2 Å². The fourth-order valence-electron chi connectivity index (χ4n) is 1.80. The second-order valence-electron chi connectivity index (χ2n) is 4.21. The number of hydrogen-bond donors (Lipinski definition) is 1. The Morgan fingerprint density at radius 1 is 1.50 bits per heavy atom. The van der Waals surface area contributed by atoms with E-state index < -0.39 is 22.1 Å². The Kier molecular flexibility index (Phi) is 2.94. The summed E-state index contributed by atoms with van der Waals surface area (Å²) in [7, 11) is -3.53. The van der Waals surface area contributed by atoms with Crippen LogP contribution in [0.15, 0.2) is 18.2 Å². The van der Waals surface area contributed by atoms with E-state index in [0.29, 0.717) is 5.69 Å². The maximum atomic E-state index is 11.7. The lowest BCUT2D eigenvalue weighted by molar-refractivity contribution is -0.144. The van der Waals surface area contributed by atoms with Crippen LogP contribution in [0.3, 0.4) is 0 Å². The molecule has 0 aromatic heterocycles. The largest absolute Gasteiger partial charge is 0.478 e. The molecule has 0 radical (unpaired) electrons. The number of hydrogen-bond acceptors (Lipinski definition) is 4. The van der Waals surface area contributed by atoms with Crippen molar-refractivity contribution in [2.45, 2.75) is 13.0 Å². The highest BCUT2D eigenvalue weighted by Gasteiger charge is 2.34. The molecule has 2 rings (SSSR count). The lowest BCUT2D eigenvalue weighted by Crippen LogP contribution is -2.46. The van der Waals surface area contributed by atoms with E-state index in [2.05, 4.69) is 0 Å². The van der Waals surface area contributed by atoms with Gasteiger partial charge in [-0.2, -0.15) is 0 Å². The van der Waals surface area contributed by atoms with Crippen molar-refractivity contribution in [2.24, 2.45) is 0 Å². The summed E-state index contributed by atoms with van der Waals surface area (Å²) in [4.78, 5) is 11.0. The van der Waals surface area contributed by atoms with E-state index in [0.717, 1.165) is 16.1 Å². The minimum atomic E-state index is -3.53. The van der Waals surface area contributed by atoms with Crippen LogP contribution in [0.2, 0.25) is 0 Å². The van der Waals surface area contributed by atoms with Crippen LogP contribution < -0.4 is 9.04 Å². The van der Waals surface area contributed by atoms with Gasteiger partial charge in [0.25, 0.3) is 0 Å². The first-order valence-electron chi connectivity index (χ1n) is 5.27. The van der Waals surface area contributed by atoms with Gasteiger partial charge in [0.05, 0.1) is 18.5 Å². The molecular formula is C11H13NO5S. The van der Waals surface area contributed by atoms with Gasteiger partial charge in [0, 0.05) is 0 Å². The van der Waals surface area contributed by atoms with Gasteiger partial charge in [-0.05, 0) is 24.6 Å². The summed E-state index contributed by atoms with van der Waals surface area (Å²) in [5.74, 6) is -0.917. The van der Waals surface area contributed by atoms with Crippen molar-refractivity contribution in [1.82, 2.24) is 0 Å². The number of aliphatic carboxylic acids is 1. The molecule has 0 saturated heterocycles. The van der Waals surface area contributed by atoms with Crippen LogP contribution in [0.25, 0.3) is 0 Å². The van der Waals surface area contributed by atoms with Crippen LogP contribution in [0, 0.1) is 6.92 Å². The fourth-order valence-corrected chi connectivity index (χ4v) is 2.71. The molecule has 98 valence electrons. The molecule has 1 heterocycles. The van der Waals surface area contributed by atoms with Gasteiger partial charge in [-0.15, -0.1) is 0 Å². The number of carbonyl (C=O) groups is 1. The molecule has 0 amide bonds. The summed E-state index contributed by atoms with van der Waals surface area (Å²) < 4.78 is 29.7. The van der Waals surface area contributed by atoms with Crippen LogP contribution in [0.4, 0.5) is 5.69 Å². The Labute approximate surface area is 105 Å². The SMILES string of the molecule is Cc1ccc2c(c1)N(S(C)(=O)=O)C[C@H](C(=O)O)O2. The number of fused-ring (bicyclic) bond motifs is 1. The van der Waals surface area contributed by atoms with Gasteiger partial charge in [-0.1, -0.05) is 6.07 Å². The molecule has 1 aromatic rings. The van der Waals surface area contributed by atoms with Crippen LogP contribution in [0.1, 0.15) is 5.56 Å². The summed E-state index contributed by atoms with van der Waals surface area (Å²) >= 11 is 0. The minimum absolute atomic E-state index is 0.218. The first kappa shape index (κ1) is 12.7. The Balaban J connectivity index is 2.54. The first-order valence-corrected chi connectivity index (χ1v) is 7.11. The van der Waals surface area contributed by atoms with E-state index in [9.17, 15) is 13.2 Å². The summed E-state index contributed by atoms with van der Waals surface area (Å²) in [5, 5.41) is 8.96. The van der Waals surface area contributed by atoms with Gasteiger partial charge >= 0.3 is 5.97 Å². The molecule has 1 aliphatic heterocycles. The molecule has 1 N–H and O–H groups in total. The van der Waals surface area contributed by atoms with Gasteiger partial charge in [-0.3, -0.25) is 4.31 Å². The molecule has 1 aliphatic rings. The lowest BCUT2D eigenvalue weighted by Gasteiger charge is -2.33. The predicted octanol–water partition coefficient (Wildman–Crippen LogP) is 0.607. The van der Waals surface area contributed by atoms with Gasteiger partial charge in [-0.25, -0.2) is 13.2 Å². The van der Waals surface area contributed by atoms with E-state index in [1.165, 1.54) is 0 Å². The van der Waals surface area contributed by atoms with Crippen molar-refractivity contribution in [3.8, 4) is 5.75 Å². The van der Waals surface area contributed by atoms with Crippen LogP contribution in [-0.4, -0.2) is 38.4 Å². The third kappa shape index (κ3) is 2.26. The van der Waals surface area contributed by atoms with Crippen LogP contribution in [0.5, 0.6) is 5.75 Å². The number of carboxylic acids is 1. The smallest absolute Gasteiger partial charge is 0.346 e. The first-order chi connectivity index (χ1) is 8.29. The van der Waals surface area contributed by atoms with Crippen molar-refractivity contribution < 1.29 is 23.1 Å². The van der Waals surface area contributed by atoms with Gasteiger partial charge in [0.2, 0.25) is 16.1 Å². The lowest BCUT2D eigenvalue weighted by atomic mass is 10.1. The number of benzene rings is 1. The molecule has 18 heavy (non-hydrogen) atoms. The second kappa shape index (κ2) is 4.16. The van der Waals surface area contributed by atoms with E-state index in [-0.39, 0.29) is 12.3 Å². The number of anilines is 1. The second-order valence-corrected chi connectivity index (χ2v) is 6.12. The topological polar surface area (TPSA) is 83.9 Å². The molecular weight excluding hydrogens is 258 g/mol. The number of rotatable bonds is 2. The molecule has 0 bridgehead atoms. The average Bonchev–Trinajstić information content (AvgIpc) is 2.26. The standard InChI is InChI=1S/C11H13NO5S/c1-7-3-4-9-8(5-7)12(18(2,15)16)6-10(17-9)11(13)14/h3-5,10H,6H2,1-2H3,(H,13,14)/t10-/m1/s1. The normalized spacial score (nSPS) is 19.0. The molecule has 0 saturated carbocycles. The minimum Gasteiger partial charge on any atom is -0.478 e. The highest BCUT2D eigenvalue weighted by Crippen LogP contribution is 2.35. The fraction of sp³-hybridized carbons (Fsp3) is 0.364. The molecule has 0 fully saturated rings. The van der Waals surface area contributed by atoms with E-state index >= 15 is 0 Å². The molecule has 1 atom stereocenters. The molecule has 0 unspecified atom stereocenters. The summed E-state index contributed by atoms with van der Waals surface area (Å²) in [6.07, 6.45) is -0.140. The van der Waals surface area contributed by atoms with Crippen molar-refractivity contribution in [3.63, 3.8) is 0 Å². The molecule has 0 aliphatic carbocycles. The van der Waals surface area contributed by atoms with E-state index in [4.69, 9.17) is 9.84 Å². The maximum Gasteiger partial charge on any atom is 0.346 e. The Morgan fingerprint density at radius 2 is 2.17 bits per heavy atom. The van der Waals surface area contributed by atoms with E-state index in [1.807, 2.05) is 6.92 Å². The summed E-state index contributed by atoms with van der Waals surface area (Å²) in [5.41, 5.74) is 1.26. The number of aryl methyl sites for hydroxylation is 1. The Morgan fingerprint density at radius 3 is 2.72 bits per heavy atom. The molecule has 6 nitrogen and oxygen atoms in total. The highest BCUT2D eigenvalue weighted by atomic mass is 32.2. The Bertz CT molecular complexity index is 595. The van der Waals surface area contributed by atoms with Crippen molar-refractivity contribution in [3.05, 3.63) is 23.8 Å². The number of carboxylic acid groups (broad SMARTS) is 1. The zero-order valence-corrected chi connectivity index (χ0v) is 10.8. The number of ether oxygens (including phenoxy) is 1. The Hall–Kier alpha value is -1.76. The zero-order valence-electron chi connectivity index (χ0n) is 9.95. The highest BCUT2D eigenvalue weighted by molar-refractivity contribution is 7.92. The van der Waals surface area contributed by atoms with Crippen LogP contribution >= 0.6 is 0 Å². The third-order valence-corrected chi connectivity index (χ3v) is 3.81. The van der Waals surface area contributed by atoms with Gasteiger partial charge in [0.1, 0.15) is 5.75 Å². The van der Waals surface area contributed by atoms with Crippen molar-refractivity contribution >= 4 is 21.7 Å². The van der Waals surface area contributed by atoms with Crippen molar-refractivity contribution in [1.29, 1.82) is 0 Å². The number of sulfonamides is 1. The zero-order chi connectivity index (χ0) is 13.5. The van der Waals surface area contributed by atoms with Gasteiger partial charge < -0.3 is 9.84 Å². The third-order valence-electron chi connectivity index (χ3n) is 2.66. The summed E-state index contributed by atoms with van der Waals surface area (Å²) in [6.45, 7) is 1.61. The monoisotopic (exact) mass is 271 g/mol. The molecule has 1 aromatic carbocycles. The van der Waals surface area contributed by atoms with Crippen LogP contribution in [-0.2, 0) is 14.8 Å². The number of nitrogens with zero attached hydrogens (tertiary/aromatic N) is 1. The van der Waals surface area contributed by atoms with Crippen molar-refractivity contribution in [2.75, 3.05) is 17.1 Å². The average molecular weight is 271 g/mol. The maximum absolute atomic E-state index is 11.7. The quantitative estimate of drug-likeness (QED) is 0.851. The van der Waals surface area contributed by atoms with Gasteiger partial charge in [0.15, 0.2) is 0 Å². The predicted molar refractivity (Wildman–Crippen MR) is 65.4 cm³/mol. The molecule has 7 heteroatoms. The summed E-state index contributed by atoms with van der Waals surface area (Å²) in [6, 6.07) is 4.98. The molecule has 0 spiro atoms.